The van der Waals surface area contributed by atoms with Gasteiger partial charge in [0.15, 0.2) is 0 Å². The fourth-order valence-electron chi connectivity index (χ4n) is 11.6. The standard InChI is InChI=1S/C45H43N3O7/c49-40(46-23-45-20-24-14-25(21-45)16-26(15-24)22-45)37-35-31-10-4-6-12-33(31)36(34-13-7-5-11-32(34)35)38(37)41(50)48-39(27-8-2-1-3-9-27)42(51)47-30-18-28(43(52)53)17-29(19-30)44(54)55/h1-13,17-19,24-26,35-39H,14-16,20-23H2,(H,46,49)(H,47,51)(H,48,50)(H,52,53)(H,54,55)/t24?,25?,26?,35?,36?,37?,38?,39-,45?/m0/s1. The molecular weight excluding hydrogens is 695 g/mol. The number of rotatable bonds is 10. The molecule has 280 valence electrons. The topological polar surface area (TPSA) is 162 Å². The highest BCUT2D eigenvalue weighted by Gasteiger charge is 2.56. The van der Waals surface area contributed by atoms with Crippen LogP contribution in [0.25, 0.3) is 0 Å². The Morgan fingerprint density at radius 1 is 0.618 bits per heavy atom. The van der Waals surface area contributed by atoms with Crippen LogP contribution in [0.1, 0.15) is 105 Å². The first-order valence-electron chi connectivity index (χ1n) is 19.3. The molecule has 7 aliphatic carbocycles. The fraction of sp³-hybridized carbons (Fsp3) is 0.356. The molecular formula is C45H43N3O7. The smallest absolute Gasteiger partial charge is 0.335 e. The molecule has 55 heavy (non-hydrogen) atoms. The highest BCUT2D eigenvalue weighted by Crippen LogP contribution is 2.61. The number of carbonyl (C=O) groups is 5. The summed E-state index contributed by atoms with van der Waals surface area (Å²) in [5.41, 5.74) is 3.95. The largest absolute Gasteiger partial charge is 0.478 e. The van der Waals surface area contributed by atoms with E-state index in [9.17, 15) is 29.4 Å². The van der Waals surface area contributed by atoms with E-state index in [1.165, 1.54) is 31.4 Å². The summed E-state index contributed by atoms with van der Waals surface area (Å²) in [7, 11) is 0. The lowest BCUT2D eigenvalue weighted by atomic mass is 9.49. The SMILES string of the molecule is O=C(O)c1cc(NC(=O)[C@@H](NC(=O)C2C3c4ccccc4C(c4ccccc43)C2C(=O)NCC23CC4CC(CC(C4)C2)C3)c2ccccc2)cc(C(=O)O)c1. The molecule has 2 unspecified atom stereocenters. The zero-order valence-corrected chi connectivity index (χ0v) is 30.2. The maximum atomic E-state index is 15.0. The molecule has 11 rings (SSSR count). The van der Waals surface area contributed by atoms with Crippen molar-refractivity contribution in [3.05, 3.63) is 136 Å². The number of fused-ring (bicyclic) bond motifs is 1. The number of carbonyl (C=O) groups excluding carboxylic acids is 3. The lowest BCUT2D eigenvalue weighted by molar-refractivity contribution is -0.139. The number of carboxylic acids is 2. The van der Waals surface area contributed by atoms with Crippen LogP contribution in [0.5, 0.6) is 0 Å². The van der Waals surface area contributed by atoms with Crippen LogP contribution in [0.2, 0.25) is 0 Å². The molecule has 0 aliphatic heterocycles. The van der Waals surface area contributed by atoms with E-state index in [0.717, 1.165) is 65.3 Å². The number of hydrogen-bond donors (Lipinski definition) is 5. The van der Waals surface area contributed by atoms with Crippen LogP contribution in [0, 0.1) is 35.0 Å². The van der Waals surface area contributed by atoms with Crippen molar-refractivity contribution in [3.63, 3.8) is 0 Å². The van der Waals surface area contributed by atoms with Crippen LogP contribution in [0.3, 0.4) is 0 Å². The van der Waals surface area contributed by atoms with E-state index < -0.39 is 47.5 Å². The molecule has 0 aromatic heterocycles. The summed E-state index contributed by atoms with van der Waals surface area (Å²) in [4.78, 5) is 67.7. The van der Waals surface area contributed by atoms with Crippen LogP contribution in [0.4, 0.5) is 5.69 Å². The van der Waals surface area contributed by atoms with E-state index in [-0.39, 0.29) is 34.1 Å². The van der Waals surface area contributed by atoms with Gasteiger partial charge in [0.25, 0.3) is 5.91 Å². The minimum absolute atomic E-state index is 0.0426. The van der Waals surface area contributed by atoms with Crippen LogP contribution >= 0.6 is 0 Å². The fourth-order valence-corrected chi connectivity index (χ4v) is 11.6. The number of hydrogen-bond acceptors (Lipinski definition) is 5. The number of nitrogens with one attached hydrogen (secondary N) is 3. The highest BCUT2D eigenvalue weighted by molar-refractivity contribution is 6.02. The van der Waals surface area contributed by atoms with E-state index in [1.807, 2.05) is 36.4 Å². The molecule has 7 aliphatic rings. The van der Waals surface area contributed by atoms with E-state index in [2.05, 4.69) is 28.1 Å². The van der Waals surface area contributed by atoms with Crippen molar-refractivity contribution in [2.24, 2.45) is 35.0 Å². The summed E-state index contributed by atoms with van der Waals surface area (Å²) < 4.78 is 0. The van der Waals surface area contributed by atoms with Crippen LogP contribution in [-0.2, 0) is 14.4 Å². The molecule has 3 atom stereocenters. The third-order valence-corrected chi connectivity index (χ3v) is 13.2. The van der Waals surface area contributed by atoms with E-state index in [0.29, 0.717) is 12.1 Å². The van der Waals surface area contributed by atoms with Crippen molar-refractivity contribution >= 4 is 35.3 Å². The van der Waals surface area contributed by atoms with E-state index in [4.69, 9.17) is 0 Å². The Labute approximate surface area is 318 Å². The molecule has 3 amide bonds. The number of aromatic carboxylic acids is 2. The monoisotopic (exact) mass is 737 g/mol. The highest BCUT2D eigenvalue weighted by atomic mass is 16.4. The predicted octanol–water partition coefficient (Wildman–Crippen LogP) is 6.74. The van der Waals surface area contributed by atoms with Gasteiger partial charge in [-0.2, -0.15) is 0 Å². The number of carboxylic acid groups (broad SMARTS) is 2. The Bertz CT molecular complexity index is 2120. The Morgan fingerprint density at radius 3 is 1.55 bits per heavy atom. The van der Waals surface area contributed by atoms with Gasteiger partial charge in [0, 0.05) is 24.1 Å². The lowest BCUT2D eigenvalue weighted by Gasteiger charge is -2.57. The van der Waals surface area contributed by atoms with Crippen LogP contribution in [0.15, 0.2) is 97.1 Å². The molecule has 0 spiro atoms. The normalized spacial score (nSPS) is 28.3. The molecule has 6 bridgehead atoms. The quantitative estimate of drug-likeness (QED) is 0.121. The van der Waals surface area contributed by atoms with Gasteiger partial charge >= 0.3 is 11.9 Å². The van der Waals surface area contributed by atoms with Gasteiger partial charge in [0.1, 0.15) is 6.04 Å². The van der Waals surface area contributed by atoms with E-state index in [1.54, 1.807) is 30.3 Å². The molecule has 10 nitrogen and oxygen atoms in total. The lowest BCUT2D eigenvalue weighted by Crippen LogP contribution is -2.56. The van der Waals surface area contributed by atoms with Gasteiger partial charge in [-0.3, -0.25) is 14.4 Å². The van der Waals surface area contributed by atoms with Crippen LogP contribution < -0.4 is 16.0 Å². The Kier molecular flexibility index (Phi) is 8.59. The van der Waals surface area contributed by atoms with Crippen molar-refractivity contribution in [2.45, 2.75) is 56.4 Å². The van der Waals surface area contributed by atoms with Crippen molar-refractivity contribution in [1.29, 1.82) is 0 Å². The molecule has 4 aromatic rings. The minimum atomic E-state index is -1.35. The second kappa shape index (κ2) is 13.5. The van der Waals surface area contributed by atoms with Gasteiger partial charge in [-0.05, 0) is 108 Å². The summed E-state index contributed by atoms with van der Waals surface area (Å²) in [5.74, 6) is -4.22. The zero-order chi connectivity index (χ0) is 38.0. The average molecular weight is 738 g/mol. The molecule has 4 saturated carbocycles. The Hall–Kier alpha value is -5.77. The first kappa shape index (κ1) is 35.0. The summed E-state index contributed by atoms with van der Waals surface area (Å²) >= 11 is 0. The van der Waals surface area contributed by atoms with Crippen molar-refractivity contribution in [3.8, 4) is 0 Å². The molecule has 4 aromatic carbocycles. The number of benzene rings is 4. The predicted molar refractivity (Wildman–Crippen MR) is 203 cm³/mol. The van der Waals surface area contributed by atoms with Gasteiger partial charge < -0.3 is 26.2 Å². The van der Waals surface area contributed by atoms with Gasteiger partial charge in [-0.25, -0.2) is 9.59 Å². The van der Waals surface area contributed by atoms with E-state index >= 15 is 4.79 Å². The van der Waals surface area contributed by atoms with Gasteiger partial charge in [-0.1, -0.05) is 78.9 Å². The maximum Gasteiger partial charge on any atom is 0.335 e. The van der Waals surface area contributed by atoms with Gasteiger partial charge in [0.05, 0.1) is 23.0 Å². The van der Waals surface area contributed by atoms with Gasteiger partial charge in [-0.15, -0.1) is 0 Å². The average Bonchev–Trinajstić information content (AvgIpc) is 3.18. The summed E-state index contributed by atoms with van der Waals surface area (Å²) in [6, 6.07) is 26.8. The molecule has 0 saturated heterocycles. The summed E-state index contributed by atoms with van der Waals surface area (Å²) in [6.07, 6.45) is 7.33. The first-order chi connectivity index (χ1) is 26.6. The first-order valence-corrected chi connectivity index (χ1v) is 19.3. The summed E-state index contributed by atoms with van der Waals surface area (Å²) in [5, 5.41) is 28.4. The molecule has 0 radical (unpaired) electrons. The number of anilines is 1. The van der Waals surface area contributed by atoms with Crippen molar-refractivity contribution in [1.82, 2.24) is 10.6 Å². The van der Waals surface area contributed by atoms with Crippen molar-refractivity contribution < 1.29 is 34.2 Å². The maximum absolute atomic E-state index is 15.0. The number of amides is 3. The molecule has 4 fully saturated rings. The Morgan fingerprint density at radius 2 is 1.07 bits per heavy atom. The minimum Gasteiger partial charge on any atom is -0.478 e. The third-order valence-electron chi connectivity index (χ3n) is 13.2. The van der Waals surface area contributed by atoms with Crippen LogP contribution in [-0.4, -0.2) is 46.4 Å². The molecule has 0 heterocycles. The second-order valence-corrected chi connectivity index (χ2v) is 16.7. The Balaban J connectivity index is 1.06. The zero-order valence-electron chi connectivity index (χ0n) is 30.2. The second-order valence-electron chi connectivity index (χ2n) is 16.7. The third kappa shape index (κ3) is 6.17. The molecule has 10 heteroatoms. The van der Waals surface area contributed by atoms with Gasteiger partial charge in [0.2, 0.25) is 11.8 Å². The summed E-state index contributed by atoms with van der Waals surface area (Å²) in [6.45, 7) is 0.601. The van der Waals surface area contributed by atoms with Crippen molar-refractivity contribution in [2.75, 3.05) is 11.9 Å². The molecule has 5 N–H and O–H groups in total.